The van der Waals surface area contributed by atoms with Crippen molar-refractivity contribution in [2.24, 2.45) is 0 Å². The fraction of sp³-hybridized carbons (Fsp3) is 0.333. The van der Waals surface area contributed by atoms with E-state index >= 15 is 0 Å². The maximum atomic E-state index is 13.0. The molecule has 2 aliphatic heterocycles. The molecule has 0 aliphatic carbocycles. The predicted molar refractivity (Wildman–Crippen MR) is 93.0 cm³/mol. The van der Waals surface area contributed by atoms with E-state index in [-0.39, 0.29) is 17.5 Å². The first-order valence-corrected chi connectivity index (χ1v) is 9.83. The lowest BCUT2D eigenvalue weighted by Gasteiger charge is -2.34. The average molecular weight is 378 g/mol. The summed E-state index contributed by atoms with van der Waals surface area (Å²) in [7, 11) is -3.56. The summed E-state index contributed by atoms with van der Waals surface area (Å²) in [5.41, 5.74) is 1.01. The van der Waals surface area contributed by atoms with Crippen LogP contribution in [0, 0.1) is 5.82 Å². The zero-order valence-corrected chi connectivity index (χ0v) is 14.9. The number of hydrogen-bond donors (Lipinski definition) is 0. The highest BCUT2D eigenvalue weighted by Gasteiger charge is 2.30. The standard InChI is InChI=1S/C18H19FN2O4S/c19-15-3-1-14(2-4-15)12-20-7-9-21(10-8-20)26(22,23)16-5-6-17-18(11-16)25-13-24-17/h1-6,11H,7-10,12-13H2. The largest absolute Gasteiger partial charge is 0.454 e. The van der Waals surface area contributed by atoms with Crippen LogP contribution in [-0.2, 0) is 16.6 Å². The maximum absolute atomic E-state index is 13.0. The van der Waals surface area contributed by atoms with Crippen molar-refractivity contribution in [1.82, 2.24) is 9.21 Å². The molecule has 0 radical (unpaired) electrons. The Bertz CT molecular complexity index is 894. The lowest BCUT2D eigenvalue weighted by molar-refractivity contribution is 0.173. The third-order valence-electron chi connectivity index (χ3n) is 4.63. The van der Waals surface area contributed by atoms with E-state index in [0.29, 0.717) is 44.2 Å². The number of halogens is 1. The molecule has 8 heteroatoms. The minimum atomic E-state index is -3.56. The highest BCUT2D eigenvalue weighted by Crippen LogP contribution is 2.34. The van der Waals surface area contributed by atoms with E-state index in [1.807, 2.05) is 0 Å². The fourth-order valence-corrected chi connectivity index (χ4v) is 4.60. The van der Waals surface area contributed by atoms with Crippen LogP contribution >= 0.6 is 0 Å². The average Bonchev–Trinajstić information content (AvgIpc) is 3.12. The van der Waals surface area contributed by atoms with Crippen LogP contribution in [0.3, 0.4) is 0 Å². The number of benzene rings is 2. The number of sulfonamides is 1. The summed E-state index contributed by atoms with van der Waals surface area (Å²) in [6.07, 6.45) is 0. The van der Waals surface area contributed by atoms with E-state index in [1.165, 1.54) is 22.5 Å². The second-order valence-corrected chi connectivity index (χ2v) is 8.26. The third-order valence-corrected chi connectivity index (χ3v) is 6.53. The van der Waals surface area contributed by atoms with Crippen LogP contribution in [0.15, 0.2) is 47.4 Å². The van der Waals surface area contributed by atoms with Gasteiger partial charge >= 0.3 is 0 Å². The maximum Gasteiger partial charge on any atom is 0.243 e. The summed E-state index contributed by atoms with van der Waals surface area (Å²) >= 11 is 0. The predicted octanol–water partition coefficient (Wildman–Crippen LogP) is 2.06. The fourth-order valence-electron chi connectivity index (χ4n) is 3.16. The van der Waals surface area contributed by atoms with Gasteiger partial charge in [0.2, 0.25) is 16.8 Å². The molecule has 0 N–H and O–H groups in total. The summed E-state index contributed by atoms with van der Waals surface area (Å²) in [5, 5.41) is 0. The second-order valence-electron chi connectivity index (χ2n) is 6.32. The Kier molecular flexibility index (Phi) is 4.56. The molecule has 2 aromatic carbocycles. The zero-order chi connectivity index (χ0) is 18.1. The van der Waals surface area contributed by atoms with E-state index in [9.17, 15) is 12.8 Å². The van der Waals surface area contributed by atoms with E-state index in [0.717, 1.165) is 5.56 Å². The monoisotopic (exact) mass is 378 g/mol. The van der Waals surface area contributed by atoms with Gasteiger partial charge in [0.1, 0.15) is 5.82 Å². The quantitative estimate of drug-likeness (QED) is 0.815. The van der Waals surface area contributed by atoms with Crippen molar-refractivity contribution < 1.29 is 22.3 Å². The molecule has 1 saturated heterocycles. The molecule has 2 aliphatic rings. The van der Waals surface area contributed by atoms with Crippen molar-refractivity contribution in [2.45, 2.75) is 11.4 Å². The molecule has 0 spiro atoms. The zero-order valence-electron chi connectivity index (χ0n) is 14.1. The number of piperazine rings is 1. The van der Waals surface area contributed by atoms with Crippen LogP contribution in [0.5, 0.6) is 11.5 Å². The molecule has 0 saturated carbocycles. The van der Waals surface area contributed by atoms with E-state index in [4.69, 9.17) is 9.47 Å². The van der Waals surface area contributed by atoms with Gasteiger partial charge in [-0.1, -0.05) is 12.1 Å². The minimum absolute atomic E-state index is 0.112. The summed E-state index contributed by atoms with van der Waals surface area (Å²) in [5.74, 6) is 0.766. The molecule has 26 heavy (non-hydrogen) atoms. The van der Waals surface area contributed by atoms with E-state index in [1.54, 1.807) is 24.3 Å². The number of ether oxygens (including phenoxy) is 2. The first-order chi connectivity index (χ1) is 12.5. The van der Waals surface area contributed by atoms with Crippen LogP contribution in [0.2, 0.25) is 0 Å². The molecular weight excluding hydrogens is 359 g/mol. The first kappa shape index (κ1) is 17.3. The lowest BCUT2D eigenvalue weighted by atomic mass is 10.2. The van der Waals surface area contributed by atoms with Crippen LogP contribution in [0.4, 0.5) is 4.39 Å². The molecule has 2 aromatic rings. The van der Waals surface area contributed by atoms with Gasteiger partial charge in [-0.25, -0.2) is 12.8 Å². The van der Waals surface area contributed by atoms with Gasteiger partial charge in [-0.3, -0.25) is 4.90 Å². The Morgan fingerprint density at radius 3 is 2.35 bits per heavy atom. The van der Waals surface area contributed by atoms with Gasteiger partial charge in [-0.2, -0.15) is 4.31 Å². The van der Waals surface area contributed by atoms with Crippen molar-refractivity contribution in [3.05, 3.63) is 53.8 Å². The van der Waals surface area contributed by atoms with Gasteiger partial charge in [0, 0.05) is 38.8 Å². The Balaban J connectivity index is 1.41. The minimum Gasteiger partial charge on any atom is -0.454 e. The smallest absolute Gasteiger partial charge is 0.243 e. The summed E-state index contributed by atoms with van der Waals surface area (Å²) in [4.78, 5) is 2.38. The van der Waals surface area contributed by atoms with Crippen molar-refractivity contribution in [3.63, 3.8) is 0 Å². The molecule has 0 unspecified atom stereocenters. The highest BCUT2D eigenvalue weighted by molar-refractivity contribution is 7.89. The summed E-state index contributed by atoms with van der Waals surface area (Å²) in [6.45, 7) is 2.87. The number of hydrogen-bond acceptors (Lipinski definition) is 5. The highest BCUT2D eigenvalue weighted by atomic mass is 32.2. The number of fused-ring (bicyclic) bond motifs is 1. The van der Waals surface area contributed by atoms with Crippen LogP contribution in [0.1, 0.15) is 5.56 Å². The third kappa shape index (κ3) is 3.40. The van der Waals surface area contributed by atoms with Gasteiger partial charge in [0.25, 0.3) is 0 Å². The molecule has 0 bridgehead atoms. The normalized spacial score (nSPS) is 18.2. The van der Waals surface area contributed by atoms with Gasteiger partial charge in [-0.05, 0) is 29.8 Å². The number of rotatable bonds is 4. The lowest BCUT2D eigenvalue weighted by Crippen LogP contribution is -2.48. The van der Waals surface area contributed by atoms with E-state index in [2.05, 4.69) is 4.90 Å². The van der Waals surface area contributed by atoms with Crippen molar-refractivity contribution in [3.8, 4) is 11.5 Å². The van der Waals surface area contributed by atoms with Gasteiger partial charge < -0.3 is 9.47 Å². The topological polar surface area (TPSA) is 59.1 Å². The molecule has 6 nitrogen and oxygen atoms in total. The van der Waals surface area contributed by atoms with E-state index < -0.39 is 10.0 Å². The van der Waals surface area contributed by atoms with Gasteiger partial charge in [0.15, 0.2) is 11.5 Å². The van der Waals surface area contributed by atoms with Crippen molar-refractivity contribution in [2.75, 3.05) is 33.0 Å². The summed E-state index contributed by atoms with van der Waals surface area (Å²) < 4.78 is 50.7. The Hall–Kier alpha value is -2.16. The van der Waals surface area contributed by atoms with Crippen LogP contribution in [-0.4, -0.2) is 50.6 Å². The van der Waals surface area contributed by atoms with Crippen LogP contribution in [0.25, 0.3) is 0 Å². The molecule has 2 heterocycles. The van der Waals surface area contributed by atoms with Crippen LogP contribution < -0.4 is 9.47 Å². The first-order valence-electron chi connectivity index (χ1n) is 8.39. The van der Waals surface area contributed by atoms with Gasteiger partial charge in [-0.15, -0.1) is 0 Å². The molecule has 1 fully saturated rings. The molecular formula is C18H19FN2O4S. The molecule has 0 amide bonds. The second kappa shape index (κ2) is 6.86. The Morgan fingerprint density at radius 1 is 0.923 bits per heavy atom. The molecule has 138 valence electrons. The Labute approximate surface area is 151 Å². The van der Waals surface area contributed by atoms with Gasteiger partial charge in [0.05, 0.1) is 4.90 Å². The molecule has 4 rings (SSSR count). The SMILES string of the molecule is O=S(=O)(c1ccc2c(c1)OCO2)N1CCN(Cc2ccc(F)cc2)CC1. The van der Waals surface area contributed by atoms with Crippen molar-refractivity contribution >= 4 is 10.0 Å². The Morgan fingerprint density at radius 2 is 1.62 bits per heavy atom. The summed E-state index contributed by atoms with van der Waals surface area (Å²) in [6, 6.07) is 11.1. The van der Waals surface area contributed by atoms with Crippen molar-refractivity contribution in [1.29, 1.82) is 0 Å². The molecule has 0 atom stereocenters. The molecule has 0 aromatic heterocycles. The number of nitrogens with zero attached hydrogens (tertiary/aromatic N) is 2.